The molecule has 0 bridgehead atoms. The van der Waals surface area contributed by atoms with E-state index in [1.807, 2.05) is 0 Å². The van der Waals surface area contributed by atoms with E-state index in [4.69, 9.17) is 10.8 Å². The highest BCUT2D eigenvalue weighted by Crippen LogP contribution is 2.33. The molecule has 0 heterocycles. The Balaban J connectivity index is 4.44. The van der Waals surface area contributed by atoms with Gasteiger partial charge in [-0.2, -0.15) is 13.2 Å². The smallest absolute Gasteiger partial charge is 0.393 e. The summed E-state index contributed by atoms with van der Waals surface area (Å²) < 4.78 is 36.7. The van der Waals surface area contributed by atoms with Crippen molar-refractivity contribution in [3.63, 3.8) is 0 Å². The topological polar surface area (TPSA) is 46.2 Å². The van der Waals surface area contributed by atoms with Crippen LogP contribution < -0.4 is 5.73 Å². The molecule has 0 fully saturated rings. The second kappa shape index (κ2) is 4.09. The summed E-state index contributed by atoms with van der Waals surface area (Å²) in [6.45, 7) is 2.24. The second-order valence-corrected chi connectivity index (χ2v) is 3.16. The Morgan fingerprint density at radius 3 is 1.83 bits per heavy atom. The van der Waals surface area contributed by atoms with E-state index in [9.17, 15) is 13.2 Å². The van der Waals surface area contributed by atoms with Crippen molar-refractivity contribution in [2.24, 2.45) is 17.6 Å². The predicted molar refractivity (Wildman–Crippen MR) is 39.4 cm³/mol. The van der Waals surface area contributed by atoms with E-state index in [0.717, 1.165) is 0 Å². The number of aliphatic hydroxyl groups is 1. The first-order valence-electron chi connectivity index (χ1n) is 3.73. The molecular weight excluding hydrogens is 171 g/mol. The van der Waals surface area contributed by atoms with Crippen LogP contribution in [0.3, 0.4) is 0 Å². The molecule has 0 saturated heterocycles. The summed E-state index contributed by atoms with van der Waals surface area (Å²) in [5, 5.41) is 8.49. The second-order valence-electron chi connectivity index (χ2n) is 3.16. The molecule has 0 spiro atoms. The molecule has 0 radical (unpaired) electrons. The first-order valence-corrected chi connectivity index (χ1v) is 3.73. The molecule has 3 N–H and O–H groups in total. The lowest BCUT2D eigenvalue weighted by Crippen LogP contribution is -2.45. The van der Waals surface area contributed by atoms with Gasteiger partial charge in [0, 0.05) is 6.04 Å². The van der Waals surface area contributed by atoms with E-state index in [0.29, 0.717) is 0 Å². The van der Waals surface area contributed by atoms with E-state index in [2.05, 4.69) is 0 Å². The summed E-state index contributed by atoms with van der Waals surface area (Å²) in [6, 6.07) is -1.22. The lowest BCUT2D eigenvalue weighted by molar-refractivity contribution is -0.194. The van der Waals surface area contributed by atoms with Gasteiger partial charge in [-0.25, -0.2) is 0 Å². The summed E-state index contributed by atoms with van der Waals surface area (Å²) >= 11 is 0. The monoisotopic (exact) mass is 185 g/mol. The van der Waals surface area contributed by atoms with Crippen molar-refractivity contribution >= 4 is 0 Å². The highest BCUT2D eigenvalue weighted by molar-refractivity contribution is 4.80. The third-order valence-corrected chi connectivity index (χ3v) is 1.77. The van der Waals surface area contributed by atoms with Gasteiger partial charge in [0.25, 0.3) is 0 Å². The number of hydrogen-bond acceptors (Lipinski definition) is 2. The fourth-order valence-electron chi connectivity index (χ4n) is 1.23. The largest absolute Gasteiger partial charge is 0.395 e. The van der Waals surface area contributed by atoms with Crippen LogP contribution in [0.1, 0.15) is 13.8 Å². The molecule has 0 aromatic heterocycles. The lowest BCUT2D eigenvalue weighted by Gasteiger charge is -2.27. The van der Waals surface area contributed by atoms with Crippen LogP contribution in [0.5, 0.6) is 0 Å². The highest BCUT2D eigenvalue weighted by Gasteiger charge is 2.44. The first-order chi connectivity index (χ1) is 5.30. The molecule has 0 saturated carbocycles. The maximum absolute atomic E-state index is 12.2. The lowest BCUT2D eigenvalue weighted by atomic mass is 9.89. The van der Waals surface area contributed by atoms with Crippen LogP contribution in [0.2, 0.25) is 0 Å². The van der Waals surface area contributed by atoms with Gasteiger partial charge in [-0.1, -0.05) is 13.8 Å². The van der Waals surface area contributed by atoms with Gasteiger partial charge in [0.2, 0.25) is 0 Å². The number of halogens is 3. The Bertz CT molecular complexity index is 135. The van der Waals surface area contributed by atoms with E-state index < -0.39 is 30.7 Å². The number of aliphatic hydroxyl groups excluding tert-OH is 1. The third-order valence-electron chi connectivity index (χ3n) is 1.77. The van der Waals surface area contributed by atoms with Crippen molar-refractivity contribution in [2.75, 3.05) is 6.61 Å². The van der Waals surface area contributed by atoms with Gasteiger partial charge in [-0.3, -0.25) is 0 Å². The van der Waals surface area contributed by atoms with Gasteiger partial charge < -0.3 is 10.8 Å². The number of rotatable bonds is 3. The van der Waals surface area contributed by atoms with Crippen LogP contribution in [0.15, 0.2) is 0 Å². The van der Waals surface area contributed by atoms with E-state index in [1.54, 1.807) is 0 Å². The van der Waals surface area contributed by atoms with Gasteiger partial charge in [0.05, 0.1) is 12.5 Å². The minimum atomic E-state index is -4.32. The average Bonchev–Trinajstić information content (AvgIpc) is 1.83. The summed E-state index contributed by atoms with van der Waals surface area (Å²) in [6.07, 6.45) is -4.32. The maximum atomic E-state index is 12.2. The molecule has 2 unspecified atom stereocenters. The summed E-state index contributed by atoms with van der Waals surface area (Å²) in [5.41, 5.74) is 5.13. The Kier molecular flexibility index (Phi) is 3.99. The fourth-order valence-corrected chi connectivity index (χ4v) is 1.23. The molecule has 0 rings (SSSR count). The molecule has 2 nitrogen and oxygen atoms in total. The molecule has 0 aliphatic carbocycles. The molecule has 12 heavy (non-hydrogen) atoms. The third kappa shape index (κ3) is 2.98. The van der Waals surface area contributed by atoms with Crippen LogP contribution in [-0.2, 0) is 0 Å². The van der Waals surface area contributed by atoms with Crippen molar-refractivity contribution in [3.05, 3.63) is 0 Å². The Labute approximate surface area is 69.6 Å². The van der Waals surface area contributed by atoms with Crippen LogP contribution >= 0.6 is 0 Å². The standard InChI is InChI=1S/C7H14F3NO/c1-4(2)6(5(11)3-12)7(8,9)10/h4-6,12H,3,11H2,1-2H3. The van der Waals surface area contributed by atoms with Crippen molar-refractivity contribution in [3.8, 4) is 0 Å². The van der Waals surface area contributed by atoms with E-state index in [1.165, 1.54) is 13.8 Å². The average molecular weight is 185 g/mol. The highest BCUT2D eigenvalue weighted by atomic mass is 19.4. The normalized spacial score (nSPS) is 18.0. The van der Waals surface area contributed by atoms with Gasteiger partial charge in [-0.05, 0) is 5.92 Å². The maximum Gasteiger partial charge on any atom is 0.393 e. The number of nitrogens with two attached hydrogens (primary N) is 1. The van der Waals surface area contributed by atoms with Crippen LogP contribution in [0.4, 0.5) is 13.2 Å². The molecule has 0 aromatic carbocycles. The van der Waals surface area contributed by atoms with Crippen molar-refractivity contribution in [1.29, 1.82) is 0 Å². The predicted octanol–water partition coefficient (Wildman–Crippen LogP) is 1.14. The van der Waals surface area contributed by atoms with Crippen LogP contribution in [0, 0.1) is 11.8 Å². The van der Waals surface area contributed by atoms with Crippen molar-refractivity contribution in [2.45, 2.75) is 26.1 Å². The molecule has 0 aliphatic heterocycles. The Morgan fingerprint density at radius 2 is 1.75 bits per heavy atom. The van der Waals surface area contributed by atoms with Crippen molar-refractivity contribution < 1.29 is 18.3 Å². The minimum absolute atomic E-state index is 0.604. The zero-order valence-corrected chi connectivity index (χ0v) is 7.10. The summed E-state index contributed by atoms with van der Waals surface area (Å²) in [7, 11) is 0. The number of alkyl halides is 3. The van der Waals surface area contributed by atoms with Gasteiger partial charge in [0.1, 0.15) is 0 Å². The minimum Gasteiger partial charge on any atom is -0.395 e. The molecule has 0 aromatic rings. The zero-order valence-electron chi connectivity index (χ0n) is 7.10. The molecular formula is C7H14F3NO. The van der Waals surface area contributed by atoms with Gasteiger partial charge >= 0.3 is 6.18 Å². The summed E-state index contributed by atoms with van der Waals surface area (Å²) in [5.74, 6) is -2.23. The zero-order chi connectivity index (χ0) is 9.94. The molecule has 74 valence electrons. The Hall–Kier alpha value is -0.290. The fraction of sp³-hybridized carbons (Fsp3) is 1.00. The molecule has 0 aliphatic rings. The van der Waals surface area contributed by atoms with Crippen molar-refractivity contribution in [1.82, 2.24) is 0 Å². The molecule has 0 amide bonds. The van der Waals surface area contributed by atoms with Crippen LogP contribution in [-0.4, -0.2) is 23.9 Å². The number of hydrogen-bond donors (Lipinski definition) is 2. The SMILES string of the molecule is CC(C)C(C(N)CO)C(F)(F)F. The Morgan fingerprint density at radius 1 is 1.33 bits per heavy atom. The molecule has 2 atom stereocenters. The quantitative estimate of drug-likeness (QED) is 0.692. The van der Waals surface area contributed by atoms with Crippen LogP contribution in [0.25, 0.3) is 0 Å². The summed E-state index contributed by atoms with van der Waals surface area (Å²) in [4.78, 5) is 0. The first kappa shape index (κ1) is 11.7. The van der Waals surface area contributed by atoms with Gasteiger partial charge in [0.15, 0.2) is 0 Å². The van der Waals surface area contributed by atoms with E-state index in [-0.39, 0.29) is 0 Å². The molecule has 5 heteroatoms. The van der Waals surface area contributed by atoms with Gasteiger partial charge in [-0.15, -0.1) is 0 Å². The van der Waals surface area contributed by atoms with E-state index >= 15 is 0 Å².